The van der Waals surface area contributed by atoms with E-state index in [1.165, 1.54) is 173 Å². The first-order valence-corrected chi connectivity index (χ1v) is 27.8. The molecule has 0 spiro atoms. The standard InChI is InChI=1S/C59H106O5/c1-4-7-10-13-16-19-22-25-27-29-30-32-33-35-37-40-43-46-49-52-58(60)63-56-57(55-62-54-51-48-45-42-39-24-21-18-15-12-9-6-3)64-59(61)53-50-47-44-41-38-36-34-31-28-26-23-20-17-14-11-8-5-2/h15-16,18-19,25-28,30,32,57H,4-14,17,20-24,29,31,33-56H2,1-3H3/b18-15-,19-16-,27-25-,28-26-,32-30-. The Balaban J connectivity index is 4.26. The van der Waals surface area contributed by atoms with Gasteiger partial charge in [0.05, 0.1) is 6.61 Å². The van der Waals surface area contributed by atoms with Gasteiger partial charge in [-0.2, -0.15) is 0 Å². The predicted molar refractivity (Wildman–Crippen MR) is 279 cm³/mol. The number of rotatable bonds is 51. The number of allylic oxidation sites excluding steroid dienone is 10. The molecule has 0 N–H and O–H groups in total. The van der Waals surface area contributed by atoms with Crippen molar-refractivity contribution in [3.8, 4) is 0 Å². The summed E-state index contributed by atoms with van der Waals surface area (Å²) < 4.78 is 17.4. The van der Waals surface area contributed by atoms with E-state index in [2.05, 4.69) is 81.5 Å². The molecule has 0 aromatic rings. The molecule has 0 fully saturated rings. The molecule has 64 heavy (non-hydrogen) atoms. The van der Waals surface area contributed by atoms with Crippen LogP contribution in [0.15, 0.2) is 60.8 Å². The van der Waals surface area contributed by atoms with Gasteiger partial charge in [-0.3, -0.25) is 9.59 Å². The molecule has 0 heterocycles. The van der Waals surface area contributed by atoms with E-state index >= 15 is 0 Å². The Bertz CT molecular complexity index is 1100. The predicted octanol–water partition coefficient (Wildman–Crippen LogP) is 18.9. The van der Waals surface area contributed by atoms with Gasteiger partial charge in [-0.25, -0.2) is 0 Å². The van der Waals surface area contributed by atoms with Crippen LogP contribution >= 0.6 is 0 Å². The van der Waals surface area contributed by atoms with Gasteiger partial charge in [-0.1, -0.05) is 223 Å². The fraction of sp³-hybridized carbons (Fsp3) is 0.797. The number of unbranched alkanes of at least 4 members (excludes halogenated alkanes) is 30. The van der Waals surface area contributed by atoms with E-state index in [9.17, 15) is 9.59 Å². The maximum Gasteiger partial charge on any atom is 0.306 e. The highest BCUT2D eigenvalue weighted by atomic mass is 16.6. The Morgan fingerprint density at radius 1 is 0.344 bits per heavy atom. The summed E-state index contributed by atoms with van der Waals surface area (Å²) in [6, 6.07) is 0. The first-order chi connectivity index (χ1) is 31.6. The van der Waals surface area contributed by atoms with Crippen molar-refractivity contribution >= 4 is 11.9 Å². The maximum absolute atomic E-state index is 12.8. The van der Waals surface area contributed by atoms with Gasteiger partial charge in [0.15, 0.2) is 6.10 Å². The van der Waals surface area contributed by atoms with Crippen LogP contribution in [0, 0.1) is 0 Å². The van der Waals surface area contributed by atoms with Crippen molar-refractivity contribution in [2.75, 3.05) is 19.8 Å². The second-order valence-corrected chi connectivity index (χ2v) is 18.5. The molecular formula is C59H106O5. The first kappa shape index (κ1) is 61.6. The molecule has 1 atom stereocenters. The van der Waals surface area contributed by atoms with Crippen molar-refractivity contribution < 1.29 is 23.8 Å². The average molecular weight is 895 g/mol. The number of hydrogen-bond donors (Lipinski definition) is 0. The second kappa shape index (κ2) is 54.9. The van der Waals surface area contributed by atoms with Gasteiger partial charge in [-0.15, -0.1) is 0 Å². The van der Waals surface area contributed by atoms with Gasteiger partial charge >= 0.3 is 11.9 Å². The largest absolute Gasteiger partial charge is 0.462 e. The van der Waals surface area contributed by atoms with Gasteiger partial charge < -0.3 is 14.2 Å². The molecule has 5 heteroatoms. The monoisotopic (exact) mass is 895 g/mol. The van der Waals surface area contributed by atoms with Crippen LogP contribution in [0.3, 0.4) is 0 Å². The fourth-order valence-corrected chi connectivity index (χ4v) is 7.79. The van der Waals surface area contributed by atoms with Crippen LogP contribution in [-0.4, -0.2) is 37.9 Å². The molecule has 0 bridgehead atoms. The minimum atomic E-state index is -0.547. The zero-order valence-corrected chi connectivity index (χ0v) is 42.8. The van der Waals surface area contributed by atoms with Crippen molar-refractivity contribution in [3.05, 3.63) is 60.8 Å². The normalized spacial score (nSPS) is 12.6. The molecule has 0 saturated heterocycles. The molecule has 0 aliphatic rings. The van der Waals surface area contributed by atoms with E-state index in [0.717, 1.165) is 70.6 Å². The Hall–Kier alpha value is -2.40. The topological polar surface area (TPSA) is 61.8 Å². The van der Waals surface area contributed by atoms with Crippen LogP contribution in [0.4, 0.5) is 0 Å². The number of ether oxygens (including phenoxy) is 3. The smallest absolute Gasteiger partial charge is 0.306 e. The van der Waals surface area contributed by atoms with Gasteiger partial charge in [0, 0.05) is 19.4 Å². The number of esters is 2. The number of hydrogen-bond acceptors (Lipinski definition) is 5. The molecular weight excluding hydrogens is 789 g/mol. The Labute approximate surface area is 398 Å². The quantitative estimate of drug-likeness (QED) is 0.0346. The molecule has 0 aliphatic heterocycles. The van der Waals surface area contributed by atoms with Gasteiger partial charge in [0.1, 0.15) is 6.61 Å². The lowest BCUT2D eigenvalue weighted by molar-refractivity contribution is -0.163. The van der Waals surface area contributed by atoms with E-state index in [0.29, 0.717) is 19.4 Å². The van der Waals surface area contributed by atoms with E-state index in [-0.39, 0.29) is 25.2 Å². The molecule has 1 unspecified atom stereocenters. The summed E-state index contributed by atoms with van der Waals surface area (Å²) in [7, 11) is 0. The third-order valence-electron chi connectivity index (χ3n) is 12.0. The van der Waals surface area contributed by atoms with Crippen molar-refractivity contribution in [2.45, 2.75) is 284 Å². The molecule has 0 aromatic carbocycles. The van der Waals surface area contributed by atoms with E-state index in [1.807, 2.05) is 0 Å². The van der Waals surface area contributed by atoms with Crippen molar-refractivity contribution in [3.63, 3.8) is 0 Å². The van der Waals surface area contributed by atoms with Crippen molar-refractivity contribution in [1.29, 1.82) is 0 Å². The SMILES string of the molecule is CCCC/C=C\CCCCCCCCOCC(COC(=O)CCCCCCCC/C=C\C/C=C\C/C=C\CCCCC)OC(=O)CCCCCCCCC/C=C\CCCCCCCC. The molecule has 0 aliphatic carbocycles. The van der Waals surface area contributed by atoms with Crippen LogP contribution < -0.4 is 0 Å². The highest BCUT2D eigenvalue weighted by Gasteiger charge is 2.17. The highest BCUT2D eigenvalue weighted by molar-refractivity contribution is 5.70. The van der Waals surface area contributed by atoms with E-state index in [1.54, 1.807) is 0 Å². The maximum atomic E-state index is 12.8. The summed E-state index contributed by atoms with van der Waals surface area (Å²) in [5.41, 5.74) is 0. The summed E-state index contributed by atoms with van der Waals surface area (Å²) in [6.07, 6.45) is 69.4. The Morgan fingerprint density at radius 3 is 1.14 bits per heavy atom. The average Bonchev–Trinajstić information content (AvgIpc) is 3.30. The fourth-order valence-electron chi connectivity index (χ4n) is 7.79. The zero-order valence-electron chi connectivity index (χ0n) is 42.8. The molecule has 0 radical (unpaired) electrons. The van der Waals surface area contributed by atoms with Crippen LogP contribution in [0.2, 0.25) is 0 Å². The van der Waals surface area contributed by atoms with Crippen molar-refractivity contribution in [1.82, 2.24) is 0 Å². The minimum Gasteiger partial charge on any atom is -0.462 e. The zero-order chi connectivity index (χ0) is 46.3. The van der Waals surface area contributed by atoms with Crippen molar-refractivity contribution in [2.24, 2.45) is 0 Å². The van der Waals surface area contributed by atoms with Gasteiger partial charge in [-0.05, 0) is 103 Å². The van der Waals surface area contributed by atoms with Crippen LogP contribution in [-0.2, 0) is 23.8 Å². The third-order valence-corrected chi connectivity index (χ3v) is 12.0. The highest BCUT2D eigenvalue weighted by Crippen LogP contribution is 2.14. The summed E-state index contributed by atoms with van der Waals surface area (Å²) in [6.45, 7) is 7.76. The first-order valence-electron chi connectivity index (χ1n) is 27.8. The third kappa shape index (κ3) is 52.2. The summed E-state index contributed by atoms with van der Waals surface area (Å²) >= 11 is 0. The molecule has 0 saturated carbocycles. The molecule has 0 rings (SSSR count). The second-order valence-electron chi connectivity index (χ2n) is 18.5. The summed E-state index contributed by atoms with van der Waals surface area (Å²) in [5.74, 6) is -0.412. The Kier molecular flexibility index (Phi) is 52.9. The molecule has 372 valence electrons. The molecule has 5 nitrogen and oxygen atoms in total. The number of carbonyl (C=O) groups is 2. The Morgan fingerprint density at radius 2 is 0.672 bits per heavy atom. The van der Waals surface area contributed by atoms with Crippen LogP contribution in [0.5, 0.6) is 0 Å². The van der Waals surface area contributed by atoms with E-state index in [4.69, 9.17) is 14.2 Å². The van der Waals surface area contributed by atoms with Crippen LogP contribution in [0.25, 0.3) is 0 Å². The lowest BCUT2D eigenvalue weighted by Crippen LogP contribution is -2.30. The van der Waals surface area contributed by atoms with E-state index < -0.39 is 6.10 Å². The summed E-state index contributed by atoms with van der Waals surface area (Å²) in [5, 5.41) is 0. The summed E-state index contributed by atoms with van der Waals surface area (Å²) in [4.78, 5) is 25.5. The number of carbonyl (C=O) groups excluding carboxylic acids is 2. The molecule has 0 aromatic heterocycles. The van der Waals surface area contributed by atoms with Crippen LogP contribution in [0.1, 0.15) is 278 Å². The minimum absolute atomic E-state index is 0.0746. The lowest BCUT2D eigenvalue weighted by Gasteiger charge is -2.18. The van der Waals surface area contributed by atoms with Gasteiger partial charge in [0.25, 0.3) is 0 Å². The molecule has 0 amide bonds. The lowest BCUT2D eigenvalue weighted by atomic mass is 10.1. The van der Waals surface area contributed by atoms with Gasteiger partial charge in [0.2, 0.25) is 0 Å².